The third-order valence-electron chi connectivity index (χ3n) is 13.3. The molecule has 15 nitrogen and oxygen atoms in total. The van der Waals surface area contributed by atoms with Crippen molar-refractivity contribution in [3.63, 3.8) is 0 Å². The number of rotatable bonds is 9. The molecule has 91 heavy (non-hydrogen) atoms. The van der Waals surface area contributed by atoms with Crippen LogP contribution in [0.2, 0.25) is 5.02 Å². The molecule has 6 heterocycles. The number of phenolic OH excluding ortho intramolecular Hbond substituents is 1. The van der Waals surface area contributed by atoms with E-state index in [1.54, 1.807) is 153 Å². The molecule has 0 aliphatic carbocycles. The summed E-state index contributed by atoms with van der Waals surface area (Å²) in [4.78, 5) is 69.6. The Kier molecular flexibility index (Phi) is 24.6. The first-order valence-corrected chi connectivity index (χ1v) is 28.9. The molecule has 0 bridgehead atoms. The number of nitrogens with zero attached hydrogens (tertiary/aromatic N) is 6. The first kappa shape index (κ1) is 67.3. The quantitative estimate of drug-likeness (QED) is 0.148. The SMILES string of the molecule is COCc1ccc(=O)n(-c2ccccc2)c1.COc1ccc(-n2cc(C)ccc2=O)cc1.Cc1ccc(=O)n(-c2ccc(Cl)cc2)c1.Cc1ccc(=O)n(-c2ccc(F)cc2)c1.Cc1ccc(=O)n(-c2ccc(O)cc2)c1.Cc1ccc(=O)n(-c2ccccc2)c1. The molecule has 0 saturated heterocycles. The number of hydrogen-bond donors (Lipinski definition) is 1. The Balaban J connectivity index is 0.000000155. The normalized spacial score (nSPS) is 10.2. The lowest BCUT2D eigenvalue weighted by Crippen LogP contribution is -2.17. The van der Waals surface area contributed by atoms with Crippen molar-refractivity contribution < 1.29 is 19.0 Å². The van der Waals surface area contributed by atoms with Crippen LogP contribution < -0.4 is 38.1 Å². The van der Waals surface area contributed by atoms with E-state index in [-0.39, 0.29) is 44.9 Å². The van der Waals surface area contributed by atoms with Crippen LogP contribution in [0.15, 0.2) is 296 Å². The summed E-state index contributed by atoms with van der Waals surface area (Å²) >= 11 is 5.78. The molecule has 1 N–H and O–H groups in total. The number of ether oxygens (including phenoxy) is 2. The Labute approximate surface area is 530 Å². The van der Waals surface area contributed by atoms with Crippen LogP contribution in [-0.2, 0) is 11.3 Å². The van der Waals surface area contributed by atoms with Crippen LogP contribution in [0.5, 0.6) is 11.5 Å². The van der Waals surface area contributed by atoms with E-state index in [0.29, 0.717) is 17.3 Å². The largest absolute Gasteiger partial charge is 0.508 e. The van der Waals surface area contributed by atoms with Crippen molar-refractivity contribution in [1.29, 1.82) is 0 Å². The lowest BCUT2D eigenvalue weighted by atomic mass is 10.2. The van der Waals surface area contributed by atoms with Gasteiger partial charge in [-0.2, -0.15) is 0 Å². The Bertz CT molecular complexity index is 4440. The van der Waals surface area contributed by atoms with E-state index in [0.717, 1.165) is 67.6 Å². The highest BCUT2D eigenvalue weighted by molar-refractivity contribution is 6.30. The minimum atomic E-state index is -0.306. The number of halogens is 2. The molecule has 12 aromatic rings. The summed E-state index contributed by atoms with van der Waals surface area (Å²) in [5.74, 6) is 0.670. The van der Waals surface area contributed by atoms with Crippen LogP contribution in [0.3, 0.4) is 0 Å². The topological polar surface area (TPSA) is 171 Å². The summed E-state index contributed by atoms with van der Waals surface area (Å²) in [7, 11) is 3.26. The van der Waals surface area contributed by atoms with Crippen LogP contribution in [0.25, 0.3) is 34.1 Å². The first-order valence-electron chi connectivity index (χ1n) is 28.5. The minimum Gasteiger partial charge on any atom is -0.508 e. The molecule has 0 radical (unpaired) electrons. The molecule has 0 atom stereocenters. The van der Waals surface area contributed by atoms with Gasteiger partial charge in [-0.15, -0.1) is 0 Å². The number of aromatic hydroxyl groups is 1. The van der Waals surface area contributed by atoms with Gasteiger partial charge in [0.1, 0.15) is 17.3 Å². The minimum absolute atomic E-state index is 0.00167. The van der Waals surface area contributed by atoms with Gasteiger partial charge in [0.15, 0.2) is 0 Å². The van der Waals surface area contributed by atoms with Crippen LogP contribution >= 0.6 is 11.6 Å². The third-order valence-corrected chi connectivity index (χ3v) is 13.6. The van der Waals surface area contributed by atoms with E-state index in [9.17, 15) is 33.2 Å². The van der Waals surface area contributed by atoms with Crippen molar-refractivity contribution in [2.45, 2.75) is 41.2 Å². The number of phenols is 1. The smallest absolute Gasteiger partial charge is 0.255 e. The Morgan fingerprint density at radius 2 is 0.615 bits per heavy atom. The summed E-state index contributed by atoms with van der Waals surface area (Å²) in [6.45, 7) is 10.2. The van der Waals surface area contributed by atoms with Crippen molar-refractivity contribution in [2.24, 2.45) is 0 Å². The van der Waals surface area contributed by atoms with E-state index in [1.165, 1.54) is 28.8 Å². The predicted molar refractivity (Wildman–Crippen MR) is 360 cm³/mol. The average molecular weight is 1240 g/mol. The summed E-state index contributed by atoms with van der Waals surface area (Å²) in [5.41, 5.74) is 10.7. The van der Waals surface area contributed by atoms with Crippen molar-refractivity contribution in [3.05, 3.63) is 374 Å². The number of benzene rings is 6. The maximum Gasteiger partial charge on any atom is 0.255 e. The second-order valence-electron chi connectivity index (χ2n) is 20.6. The molecule has 0 amide bonds. The summed E-state index contributed by atoms with van der Waals surface area (Å²) in [5, 5.41) is 9.81. The van der Waals surface area contributed by atoms with E-state index in [2.05, 4.69) is 0 Å². The zero-order chi connectivity index (χ0) is 65.4. The van der Waals surface area contributed by atoms with Gasteiger partial charge < -0.3 is 14.6 Å². The fourth-order valence-corrected chi connectivity index (χ4v) is 8.82. The van der Waals surface area contributed by atoms with Crippen LogP contribution in [0, 0.1) is 40.4 Å². The van der Waals surface area contributed by atoms with E-state index >= 15 is 0 Å². The number of aryl methyl sites for hydroxylation is 5. The van der Waals surface area contributed by atoms with Gasteiger partial charge in [-0.1, -0.05) is 78.3 Å². The van der Waals surface area contributed by atoms with Crippen LogP contribution in [0.4, 0.5) is 4.39 Å². The molecule has 462 valence electrons. The molecular weight excluding hydrogens is 1170 g/mol. The van der Waals surface area contributed by atoms with Crippen molar-refractivity contribution >= 4 is 11.6 Å². The second-order valence-corrected chi connectivity index (χ2v) is 21.0. The van der Waals surface area contributed by atoms with Gasteiger partial charge in [0, 0.05) is 120 Å². The van der Waals surface area contributed by atoms with Gasteiger partial charge in [0.25, 0.3) is 33.4 Å². The maximum atomic E-state index is 12.7. The van der Waals surface area contributed by atoms with Crippen LogP contribution in [-0.4, -0.2) is 46.7 Å². The monoisotopic (exact) mass is 1240 g/mol. The fraction of sp³-hybridized carbons (Fsp3) is 0.108. The van der Waals surface area contributed by atoms with E-state index in [4.69, 9.17) is 26.2 Å². The third kappa shape index (κ3) is 20.2. The van der Waals surface area contributed by atoms with Gasteiger partial charge in [-0.3, -0.25) is 56.2 Å². The average Bonchev–Trinajstić information content (AvgIpc) is 2.07. The number of hydrogen-bond acceptors (Lipinski definition) is 9. The van der Waals surface area contributed by atoms with E-state index in [1.807, 2.05) is 162 Å². The number of methoxy groups -OCH3 is 2. The van der Waals surface area contributed by atoms with Gasteiger partial charge in [-0.25, -0.2) is 4.39 Å². The Morgan fingerprint density at radius 1 is 0.341 bits per heavy atom. The highest BCUT2D eigenvalue weighted by atomic mass is 35.5. The van der Waals surface area contributed by atoms with Crippen LogP contribution in [0.1, 0.15) is 33.4 Å². The Morgan fingerprint density at radius 3 is 0.934 bits per heavy atom. The summed E-state index contributed by atoms with van der Waals surface area (Å²) in [6, 6.07) is 66.1. The molecule has 6 aromatic carbocycles. The Hall–Kier alpha value is -11.2. The first-order chi connectivity index (χ1) is 43.8. The summed E-state index contributed by atoms with van der Waals surface area (Å²) < 4.78 is 32.3. The molecule has 0 saturated carbocycles. The molecule has 0 spiro atoms. The van der Waals surface area contributed by atoms with Gasteiger partial charge >= 0.3 is 0 Å². The molecule has 0 aliphatic rings. The summed E-state index contributed by atoms with van der Waals surface area (Å²) in [6.07, 6.45) is 10.8. The molecule has 0 aliphatic heterocycles. The molecule has 0 unspecified atom stereocenters. The van der Waals surface area contributed by atoms with Gasteiger partial charge in [-0.05, 0) is 195 Å². The van der Waals surface area contributed by atoms with Crippen molar-refractivity contribution in [3.8, 4) is 45.6 Å². The zero-order valence-electron chi connectivity index (χ0n) is 51.3. The molecule has 6 aromatic heterocycles. The number of pyridine rings is 6. The second kappa shape index (κ2) is 33.2. The van der Waals surface area contributed by atoms with Gasteiger partial charge in [0.2, 0.25) is 0 Å². The molecule has 12 rings (SSSR count). The zero-order valence-corrected chi connectivity index (χ0v) is 52.0. The lowest BCUT2D eigenvalue weighted by Gasteiger charge is -2.07. The van der Waals surface area contributed by atoms with Crippen molar-refractivity contribution in [2.75, 3.05) is 14.2 Å². The number of para-hydroxylation sites is 2. The maximum absolute atomic E-state index is 12.7. The van der Waals surface area contributed by atoms with Gasteiger partial charge in [0.05, 0.1) is 13.7 Å². The number of aromatic nitrogens is 6. The molecule has 17 heteroatoms. The predicted octanol–water partition coefficient (Wildman–Crippen LogP) is 13.2. The molecule has 0 fully saturated rings. The fourth-order valence-electron chi connectivity index (χ4n) is 8.70. The van der Waals surface area contributed by atoms with Crippen molar-refractivity contribution in [1.82, 2.24) is 27.4 Å². The van der Waals surface area contributed by atoms with E-state index < -0.39 is 0 Å². The highest BCUT2D eigenvalue weighted by Crippen LogP contribution is 2.16. The molecular formula is C74H68ClFN6O9. The lowest BCUT2D eigenvalue weighted by molar-refractivity contribution is 0.184. The highest BCUT2D eigenvalue weighted by Gasteiger charge is 2.05. The standard InChI is InChI=1S/2C13H13NO2.C12H10ClNO.C12H10FNO.C12H11NO2.C12H11NO/c1-10-3-8-13(15)14(9-10)11-4-6-12(16-2)7-5-11;1-16-10-11-7-8-13(15)14(9-11)12-5-3-2-4-6-12;2*1-9-2-7-12(15)14(8-9)11-5-3-10(13)4-6-11;1-9-2-7-12(15)13(8-9)10-3-5-11(14)6-4-10;1-10-7-8-12(14)13(9-10)11-5-3-2-4-6-11/h3-9H,1-2H3;2-9H,10H2,1H3;2*2-8H,1H3;2-8,14H,1H3;2-9H,1H3.